The molecule has 26 heavy (non-hydrogen) atoms. The SMILES string of the molecule is CCCCCCCC(=O)C1=CCC=CC=C1C(=O)OCc1ccccc1. The Kier molecular flexibility index (Phi) is 8.61. The van der Waals surface area contributed by atoms with Crippen molar-refractivity contribution in [2.75, 3.05) is 0 Å². The Morgan fingerprint density at radius 1 is 1.00 bits per heavy atom. The molecule has 0 aliphatic heterocycles. The van der Waals surface area contributed by atoms with Gasteiger partial charge in [-0.25, -0.2) is 4.79 Å². The predicted octanol–water partition coefficient (Wildman–Crippen LogP) is 5.47. The Labute approximate surface area is 156 Å². The summed E-state index contributed by atoms with van der Waals surface area (Å²) >= 11 is 0. The summed E-state index contributed by atoms with van der Waals surface area (Å²) in [5.74, 6) is -0.404. The highest BCUT2D eigenvalue weighted by molar-refractivity contribution is 6.10. The zero-order valence-corrected chi connectivity index (χ0v) is 15.6. The Balaban J connectivity index is 1.95. The van der Waals surface area contributed by atoms with Crippen molar-refractivity contribution >= 4 is 11.8 Å². The number of Topliss-reactive ketones (excluding diaryl/α,β-unsaturated/α-hetero) is 1. The van der Waals surface area contributed by atoms with Gasteiger partial charge in [-0.1, -0.05) is 81.2 Å². The van der Waals surface area contributed by atoms with E-state index in [1.165, 1.54) is 12.8 Å². The van der Waals surface area contributed by atoms with E-state index < -0.39 is 5.97 Å². The van der Waals surface area contributed by atoms with Crippen LogP contribution in [0.25, 0.3) is 0 Å². The zero-order valence-electron chi connectivity index (χ0n) is 15.6. The summed E-state index contributed by atoms with van der Waals surface area (Å²) in [5, 5.41) is 0. The first-order valence-electron chi connectivity index (χ1n) is 9.54. The molecule has 0 aromatic heterocycles. The monoisotopic (exact) mass is 352 g/mol. The molecule has 0 saturated heterocycles. The van der Waals surface area contributed by atoms with Gasteiger partial charge < -0.3 is 4.74 Å². The first-order chi connectivity index (χ1) is 12.7. The minimum Gasteiger partial charge on any atom is -0.457 e. The highest BCUT2D eigenvalue weighted by Gasteiger charge is 2.21. The molecule has 1 aliphatic carbocycles. The number of hydrogen-bond acceptors (Lipinski definition) is 3. The number of benzene rings is 1. The third-order valence-corrected chi connectivity index (χ3v) is 4.39. The van der Waals surface area contributed by atoms with Crippen LogP contribution in [0.5, 0.6) is 0 Å². The molecule has 0 N–H and O–H groups in total. The maximum Gasteiger partial charge on any atom is 0.339 e. The summed E-state index contributed by atoms with van der Waals surface area (Å²) in [5.41, 5.74) is 1.80. The lowest BCUT2D eigenvalue weighted by Gasteiger charge is -2.11. The summed E-state index contributed by atoms with van der Waals surface area (Å²) in [6.45, 7) is 2.38. The van der Waals surface area contributed by atoms with Gasteiger partial charge in [-0.15, -0.1) is 0 Å². The number of rotatable bonds is 10. The number of ether oxygens (including phenoxy) is 1. The average molecular weight is 352 g/mol. The third kappa shape index (κ3) is 6.47. The van der Waals surface area contributed by atoms with Crippen LogP contribution in [0.4, 0.5) is 0 Å². The second-order valence-electron chi connectivity index (χ2n) is 6.51. The van der Waals surface area contributed by atoms with E-state index in [0.29, 0.717) is 24.0 Å². The van der Waals surface area contributed by atoms with Gasteiger partial charge in [-0.3, -0.25) is 4.79 Å². The van der Waals surface area contributed by atoms with Crippen LogP contribution >= 0.6 is 0 Å². The van der Waals surface area contributed by atoms with E-state index in [2.05, 4.69) is 6.92 Å². The fourth-order valence-corrected chi connectivity index (χ4v) is 2.90. The molecule has 0 unspecified atom stereocenters. The largest absolute Gasteiger partial charge is 0.457 e. The second-order valence-corrected chi connectivity index (χ2v) is 6.51. The Morgan fingerprint density at radius 3 is 2.54 bits per heavy atom. The summed E-state index contributed by atoms with van der Waals surface area (Å²) in [6.07, 6.45) is 13.9. The molecule has 138 valence electrons. The van der Waals surface area contributed by atoms with Crippen LogP contribution in [0, 0.1) is 0 Å². The molecule has 0 spiro atoms. The van der Waals surface area contributed by atoms with Gasteiger partial charge >= 0.3 is 5.97 Å². The van der Waals surface area contributed by atoms with E-state index in [4.69, 9.17) is 4.74 Å². The van der Waals surface area contributed by atoms with Gasteiger partial charge in [0.25, 0.3) is 0 Å². The number of hydrogen-bond donors (Lipinski definition) is 0. The van der Waals surface area contributed by atoms with Crippen LogP contribution in [0.15, 0.2) is 65.8 Å². The van der Waals surface area contributed by atoms with Crippen LogP contribution in [0.1, 0.15) is 57.4 Å². The third-order valence-electron chi connectivity index (χ3n) is 4.39. The molecule has 1 aromatic rings. The van der Waals surface area contributed by atoms with Crippen LogP contribution in [-0.4, -0.2) is 11.8 Å². The lowest BCUT2D eigenvalue weighted by atomic mass is 9.97. The number of allylic oxidation sites excluding steroid dienone is 4. The van der Waals surface area contributed by atoms with Crippen LogP contribution in [0.2, 0.25) is 0 Å². The van der Waals surface area contributed by atoms with Gasteiger partial charge in [0.1, 0.15) is 6.61 Å². The quantitative estimate of drug-likeness (QED) is 0.414. The fourth-order valence-electron chi connectivity index (χ4n) is 2.90. The first-order valence-corrected chi connectivity index (χ1v) is 9.54. The molecular weight excluding hydrogens is 324 g/mol. The van der Waals surface area contributed by atoms with Gasteiger partial charge in [-0.2, -0.15) is 0 Å². The van der Waals surface area contributed by atoms with Gasteiger partial charge in [0.15, 0.2) is 5.78 Å². The van der Waals surface area contributed by atoms with Gasteiger partial charge in [0.05, 0.1) is 5.57 Å². The van der Waals surface area contributed by atoms with Crippen molar-refractivity contribution in [1.29, 1.82) is 0 Å². The molecule has 0 fully saturated rings. The molecule has 1 aliphatic rings. The normalized spacial score (nSPS) is 13.6. The van der Waals surface area contributed by atoms with Crippen molar-refractivity contribution in [3.05, 3.63) is 71.3 Å². The van der Waals surface area contributed by atoms with Crippen molar-refractivity contribution in [1.82, 2.24) is 0 Å². The first kappa shape index (κ1) is 19.9. The lowest BCUT2D eigenvalue weighted by Crippen LogP contribution is -2.15. The summed E-state index contributed by atoms with van der Waals surface area (Å²) in [6, 6.07) is 9.55. The maximum absolute atomic E-state index is 12.6. The van der Waals surface area contributed by atoms with Crippen molar-refractivity contribution in [3.63, 3.8) is 0 Å². The van der Waals surface area contributed by atoms with E-state index in [1.54, 1.807) is 6.08 Å². The Bertz CT molecular complexity index is 681. The summed E-state index contributed by atoms with van der Waals surface area (Å²) < 4.78 is 5.43. The number of unbranched alkanes of at least 4 members (excludes halogenated alkanes) is 4. The molecule has 0 heterocycles. The van der Waals surface area contributed by atoms with E-state index in [-0.39, 0.29) is 12.4 Å². The van der Waals surface area contributed by atoms with E-state index in [9.17, 15) is 9.59 Å². The minimum atomic E-state index is -0.439. The Hall–Kier alpha value is -2.42. The Morgan fingerprint density at radius 2 is 1.77 bits per heavy atom. The molecule has 2 rings (SSSR count). The summed E-state index contributed by atoms with van der Waals surface area (Å²) in [7, 11) is 0. The van der Waals surface area contributed by atoms with Crippen LogP contribution < -0.4 is 0 Å². The van der Waals surface area contributed by atoms with Gasteiger partial charge in [0, 0.05) is 12.0 Å². The highest BCUT2D eigenvalue weighted by Crippen LogP contribution is 2.21. The molecule has 0 radical (unpaired) electrons. The molecular formula is C23H28O3. The van der Waals surface area contributed by atoms with Crippen molar-refractivity contribution < 1.29 is 14.3 Å². The number of carbonyl (C=O) groups excluding carboxylic acids is 2. The van der Waals surface area contributed by atoms with Crippen molar-refractivity contribution in [3.8, 4) is 0 Å². The van der Waals surface area contributed by atoms with Gasteiger partial charge in [-0.05, 0) is 24.5 Å². The van der Waals surface area contributed by atoms with Crippen LogP contribution in [0.3, 0.4) is 0 Å². The van der Waals surface area contributed by atoms with Crippen molar-refractivity contribution in [2.24, 2.45) is 0 Å². The number of carbonyl (C=O) groups is 2. The smallest absolute Gasteiger partial charge is 0.339 e. The molecule has 0 saturated carbocycles. The minimum absolute atomic E-state index is 0.0353. The molecule has 0 amide bonds. The van der Waals surface area contributed by atoms with E-state index in [1.807, 2.05) is 48.6 Å². The molecule has 3 heteroatoms. The standard InChI is InChI=1S/C23H28O3/c1-2-3-4-5-12-17-22(24)20-15-10-7-11-16-21(20)23(25)26-18-19-13-8-6-9-14-19/h6-9,11,13-16H,2-5,10,12,17-18H2,1H3. The van der Waals surface area contributed by atoms with Crippen LogP contribution in [-0.2, 0) is 20.9 Å². The number of ketones is 1. The zero-order chi connectivity index (χ0) is 18.6. The predicted molar refractivity (Wildman–Crippen MR) is 105 cm³/mol. The summed E-state index contributed by atoms with van der Waals surface area (Å²) in [4.78, 5) is 25.2. The topological polar surface area (TPSA) is 43.4 Å². The van der Waals surface area contributed by atoms with Gasteiger partial charge in [0.2, 0.25) is 0 Å². The molecule has 0 atom stereocenters. The number of esters is 1. The fraction of sp³-hybridized carbons (Fsp3) is 0.391. The molecule has 3 nitrogen and oxygen atoms in total. The van der Waals surface area contributed by atoms with E-state index >= 15 is 0 Å². The second kappa shape index (κ2) is 11.2. The molecule has 0 bridgehead atoms. The van der Waals surface area contributed by atoms with E-state index in [0.717, 1.165) is 24.8 Å². The maximum atomic E-state index is 12.6. The average Bonchev–Trinajstić information content (AvgIpc) is 2.93. The lowest BCUT2D eigenvalue weighted by molar-refractivity contribution is -0.140. The van der Waals surface area contributed by atoms with Crippen molar-refractivity contribution in [2.45, 2.75) is 58.5 Å². The highest BCUT2D eigenvalue weighted by atomic mass is 16.5. The molecule has 1 aromatic carbocycles.